The summed E-state index contributed by atoms with van der Waals surface area (Å²) in [4.78, 5) is 17.9. The first-order valence-electron chi connectivity index (χ1n) is 6.59. The minimum Gasteiger partial charge on any atom is -0.468 e. The number of carbonyl (C=O) groups is 1. The second-order valence-electron chi connectivity index (χ2n) is 4.93. The summed E-state index contributed by atoms with van der Waals surface area (Å²) in [5.41, 5.74) is 1.12. The topological polar surface area (TPSA) is 42.4 Å². The van der Waals surface area contributed by atoms with E-state index in [2.05, 4.69) is 25.8 Å². The van der Waals surface area contributed by atoms with E-state index in [4.69, 9.17) is 4.74 Å². The number of methoxy groups -OCH3 is 1. The summed E-state index contributed by atoms with van der Waals surface area (Å²) in [6, 6.07) is 2.53. The summed E-state index contributed by atoms with van der Waals surface area (Å²) >= 11 is 3.43. The number of aromatic nitrogens is 1. The standard InChI is InChI=1S/C14H19BrN2O2/c1-19-14(18)10-17(13-4-2-3-5-13)9-11-6-12(15)8-16-7-11/h6-8,13H,2-5,9-10H2,1H3. The van der Waals surface area contributed by atoms with Crippen molar-refractivity contribution in [3.05, 3.63) is 28.5 Å². The number of rotatable bonds is 5. The lowest BCUT2D eigenvalue weighted by molar-refractivity contribution is -0.142. The Bertz CT molecular complexity index is 433. The highest BCUT2D eigenvalue weighted by atomic mass is 79.9. The third-order valence-corrected chi connectivity index (χ3v) is 3.98. The summed E-state index contributed by atoms with van der Waals surface area (Å²) in [5.74, 6) is -0.171. The Labute approximate surface area is 122 Å². The van der Waals surface area contributed by atoms with Crippen molar-refractivity contribution < 1.29 is 9.53 Å². The zero-order chi connectivity index (χ0) is 13.7. The van der Waals surface area contributed by atoms with Gasteiger partial charge in [0, 0.05) is 29.5 Å². The molecule has 0 N–H and O–H groups in total. The van der Waals surface area contributed by atoms with Gasteiger partial charge in [-0.2, -0.15) is 0 Å². The number of hydrogen-bond acceptors (Lipinski definition) is 4. The minimum absolute atomic E-state index is 0.171. The van der Waals surface area contributed by atoms with E-state index in [0.717, 1.165) is 16.6 Å². The normalized spacial score (nSPS) is 15.9. The number of esters is 1. The van der Waals surface area contributed by atoms with Crippen LogP contribution in [-0.2, 0) is 16.1 Å². The van der Waals surface area contributed by atoms with Crippen molar-refractivity contribution >= 4 is 21.9 Å². The van der Waals surface area contributed by atoms with E-state index in [0.29, 0.717) is 12.6 Å². The van der Waals surface area contributed by atoms with Crippen LogP contribution in [0, 0.1) is 0 Å². The zero-order valence-corrected chi connectivity index (χ0v) is 12.7. The molecule has 0 aromatic carbocycles. The van der Waals surface area contributed by atoms with E-state index in [1.54, 1.807) is 6.20 Å². The van der Waals surface area contributed by atoms with E-state index in [1.165, 1.54) is 32.8 Å². The Morgan fingerprint density at radius 1 is 1.47 bits per heavy atom. The van der Waals surface area contributed by atoms with E-state index in [1.807, 2.05) is 12.3 Å². The van der Waals surface area contributed by atoms with Gasteiger partial charge in [-0.1, -0.05) is 12.8 Å². The molecule has 1 aliphatic rings. The van der Waals surface area contributed by atoms with Gasteiger partial charge in [0.15, 0.2) is 0 Å². The average molecular weight is 327 g/mol. The molecule has 1 aliphatic carbocycles. The number of nitrogens with zero attached hydrogens (tertiary/aromatic N) is 2. The molecule has 0 spiro atoms. The molecule has 104 valence electrons. The fourth-order valence-corrected chi connectivity index (χ4v) is 3.00. The molecular weight excluding hydrogens is 308 g/mol. The fraction of sp³-hybridized carbons (Fsp3) is 0.571. The molecule has 1 aromatic rings. The largest absolute Gasteiger partial charge is 0.468 e. The molecule has 0 saturated heterocycles. The summed E-state index contributed by atoms with van der Waals surface area (Å²) in [5, 5.41) is 0. The Morgan fingerprint density at radius 2 is 2.21 bits per heavy atom. The number of pyridine rings is 1. The van der Waals surface area contributed by atoms with Gasteiger partial charge in [0.2, 0.25) is 0 Å². The molecule has 1 aromatic heterocycles. The third kappa shape index (κ3) is 4.28. The Kier molecular flexibility index (Phi) is 5.34. The molecule has 0 bridgehead atoms. The molecule has 2 rings (SSSR count). The molecular formula is C14H19BrN2O2. The first kappa shape index (κ1) is 14.5. The fourth-order valence-electron chi connectivity index (χ4n) is 2.59. The van der Waals surface area contributed by atoms with Crippen LogP contribution in [0.4, 0.5) is 0 Å². The third-order valence-electron chi connectivity index (χ3n) is 3.55. The number of ether oxygens (including phenoxy) is 1. The highest BCUT2D eigenvalue weighted by Gasteiger charge is 2.24. The van der Waals surface area contributed by atoms with Gasteiger partial charge >= 0.3 is 5.97 Å². The Morgan fingerprint density at radius 3 is 2.84 bits per heavy atom. The van der Waals surface area contributed by atoms with Crippen LogP contribution in [0.3, 0.4) is 0 Å². The van der Waals surface area contributed by atoms with Crippen LogP contribution in [-0.4, -0.2) is 35.5 Å². The van der Waals surface area contributed by atoms with E-state index in [-0.39, 0.29) is 5.97 Å². The molecule has 0 radical (unpaired) electrons. The van der Waals surface area contributed by atoms with E-state index >= 15 is 0 Å². The van der Waals surface area contributed by atoms with Crippen molar-refractivity contribution in [3.63, 3.8) is 0 Å². The van der Waals surface area contributed by atoms with Crippen LogP contribution in [0.15, 0.2) is 22.9 Å². The van der Waals surface area contributed by atoms with Gasteiger partial charge in [-0.15, -0.1) is 0 Å². The van der Waals surface area contributed by atoms with Crippen LogP contribution in [0.1, 0.15) is 31.2 Å². The minimum atomic E-state index is -0.171. The first-order valence-corrected chi connectivity index (χ1v) is 7.38. The van der Waals surface area contributed by atoms with Crippen LogP contribution in [0.2, 0.25) is 0 Å². The quantitative estimate of drug-likeness (QED) is 0.780. The summed E-state index contributed by atoms with van der Waals surface area (Å²) < 4.78 is 5.76. The molecule has 5 heteroatoms. The van der Waals surface area contributed by atoms with Crippen molar-refractivity contribution in [2.24, 2.45) is 0 Å². The zero-order valence-electron chi connectivity index (χ0n) is 11.1. The van der Waals surface area contributed by atoms with Crippen LogP contribution in [0.25, 0.3) is 0 Å². The van der Waals surface area contributed by atoms with Crippen molar-refractivity contribution in [3.8, 4) is 0 Å². The predicted molar refractivity (Wildman–Crippen MR) is 76.6 cm³/mol. The first-order chi connectivity index (χ1) is 9.19. The molecule has 1 fully saturated rings. The summed E-state index contributed by atoms with van der Waals surface area (Å²) in [6.07, 6.45) is 8.45. The monoisotopic (exact) mass is 326 g/mol. The molecule has 0 atom stereocenters. The highest BCUT2D eigenvalue weighted by Crippen LogP contribution is 2.25. The Balaban J connectivity index is 2.05. The average Bonchev–Trinajstić information content (AvgIpc) is 2.91. The lowest BCUT2D eigenvalue weighted by atomic mass is 10.1. The maximum atomic E-state index is 11.5. The van der Waals surface area contributed by atoms with Gasteiger partial charge in [0.1, 0.15) is 0 Å². The number of halogens is 1. The van der Waals surface area contributed by atoms with E-state index < -0.39 is 0 Å². The molecule has 1 heterocycles. The highest BCUT2D eigenvalue weighted by molar-refractivity contribution is 9.10. The smallest absolute Gasteiger partial charge is 0.319 e. The number of carbonyl (C=O) groups excluding carboxylic acids is 1. The van der Waals surface area contributed by atoms with Crippen LogP contribution in [0.5, 0.6) is 0 Å². The molecule has 19 heavy (non-hydrogen) atoms. The summed E-state index contributed by atoms with van der Waals surface area (Å²) in [6.45, 7) is 1.10. The van der Waals surface area contributed by atoms with Crippen molar-refractivity contribution in [2.45, 2.75) is 38.3 Å². The molecule has 0 unspecified atom stereocenters. The van der Waals surface area contributed by atoms with Crippen molar-refractivity contribution in [1.82, 2.24) is 9.88 Å². The maximum Gasteiger partial charge on any atom is 0.319 e. The second kappa shape index (κ2) is 7.01. The molecule has 0 amide bonds. The molecule has 0 aliphatic heterocycles. The molecule has 4 nitrogen and oxygen atoms in total. The Hall–Kier alpha value is -0.940. The van der Waals surface area contributed by atoms with E-state index in [9.17, 15) is 4.79 Å². The van der Waals surface area contributed by atoms with Gasteiger partial charge in [-0.25, -0.2) is 0 Å². The second-order valence-corrected chi connectivity index (χ2v) is 5.85. The summed E-state index contributed by atoms with van der Waals surface area (Å²) in [7, 11) is 1.44. The van der Waals surface area contributed by atoms with Gasteiger partial charge in [-0.3, -0.25) is 14.7 Å². The van der Waals surface area contributed by atoms with Crippen molar-refractivity contribution in [1.29, 1.82) is 0 Å². The SMILES string of the molecule is COC(=O)CN(Cc1cncc(Br)c1)C1CCCC1. The molecule has 1 saturated carbocycles. The van der Waals surface area contributed by atoms with Gasteiger partial charge in [0.05, 0.1) is 13.7 Å². The van der Waals surface area contributed by atoms with Crippen LogP contribution < -0.4 is 0 Å². The predicted octanol–water partition coefficient (Wildman–Crippen LogP) is 2.76. The van der Waals surface area contributed by atoms with Gasteiger partial charge in [0.25, 0.3) is 0 Å². The van der Waals surface area contributed by atoms with Gasteiger partial charge in [-0.05, 0) is 40.4 Å². The van der Waals surface area contributed by atoms with Crippen LogP contribution >= 0.6 is 15.9 Å². The maximum absolute atomic E-state index is 11.5. The number of hydrogen-bond donors (Lipinski definition) is 0. The van der Waals surface area contributed by atoms with Crippen molar-refractivity contribution in [2.75, 3.05) is 13.7 Å². The lowest BCUT2D eigenvalue weighted by Crippen LogP contribution is -2.37. The van der Waals surface area contributed by atoms with Gasteiger partial charge < -0.3 is 4.74 Å². The lowest BCUT2D eigenvalue weighted by Gasteiger charge is -2.27.